The molecule has 4 heteroatoms. The summed E-state index contributed by atoms with van der Waals surface area (Å²) in [5.74, 6) is 0. The lowest BCUT2D eigenvalue weighted by Gasteiger charge is -2.36. The van der Waals surface area contributed by atoms with Gasteiger partial charge in [-0.3, -0.25) is 0 Å². The fourth-order valence-corrected chi connectivity index (χ4v) is 3.56. The molecule has 76 valence electrons. The van der Waals surface area contributed by atoms with E-state index in [1.807, 2.05) is 7.05 Å². The zero-order valence-electron chi connectivity index (χ0n) is 9.04. The van der Waals surface area contributed by atoms with Crippen molar-refractivity contribution in [3.8, 4) is 0 Å². The van der Waals surface area contributed by atoms with Gasteiger partial charge < -0.3 is 9.64 Å². The highest BCUT2D eigenvalue weighted by molar-refractivity contribution is 6.60. The van der Waals surface area contributed by atoms with Gasteiger partial charge in [0, 0.05) is 7.05 Å². The van der Waals surface area contributed by atoms with Crippen molar-refractivity contribution in [2.45, 2.75) is 49.5 Å². The fraction of sp³-hybridized carbons (Fsp3) is 0.900. The molecule has 0 bridgehead atoms. The Balaban J connectivity index is 1.95. The lowest BCUT2D eigenvalue weighted by Crippen LogP contribution is -2.39. The van der Waals surface area contributed by atoms with E-state index in [1.54, 1.807) is 4.90 Å². The van der Waals surface area contributed by atoms with Gasteiger partial charge in [0.25, 0.3) is 0 Å². The third kappa shape index (κ3) is 0.744. The van der Waals surface area contributed by atoms with Crippen LogP contribution in [0.25, 0.3) is 0 Å². The van der Waals surface area contributed by atoms with E-state index in [-0.39, 0.29) is 17.5 Å². The van der Waals surface area contributed by atoms with E-state index in [9.17, 15) is 4.79 Å². The molecule has 3 fully saturated rings. The number of hydrogen-bond acceptors (Lipinski definition) is 2. The van der Waals surface area contributed by atoms with E-state index in [0.717, 1.165) is 6.42 Å². The summed E-state index contributed by atoms with van der Waals surface area (Å²) in [7, 11) is 3.09. The summed E-state index contributed by atoms with van der Waals surface area (Å²) in [6.07, 6.45) is 2.38. The lowest BCUT2D eigenvalue weighted by molar-refractivity contribution is 0.0894. The molecule has 2 aliphatic heterocycles. The van der Waals surface area contributed by atoms with Crippen LogP contribution in [0.2, 0.25) is 10.6 Å². The summed E-state index contributed by atoms with van der Waals surface area (Å²) >= 11 is 0. The van der Waals surface area contributed by atoms with E-state index in [4.69, 9.17) is 4.74 Å². The minimum atomic E-state index is -0.127. The number of nitrogens with zero attached hydrogens (tertiary/aromatic N) is 1. The van der Waals surface area contributed by atoms with Crippen molar-refractivity contribution in [3.05, 3.63) is 0 Å². The van der Waals surface area contributed by atoms with Crippen LogP contribution in [0.5, 0.6) is 0 Å². The molecule has 1 saturated carbocycles. The molecule has 14 heavy (non-hydrogen) atoms. The van der Waals surface area contributed by atoms with Crippen molar-refractivity contribution in [2.75, 3.05) is 7.05 Å². The van der Waals surface area contributed by atoms with Crippen LogP contribution in [-0.2, 0) is 4.74 Å². The second-order valence-electron chi connectivity index (χ2n) is 5.68. The molecule has 0 radical (unpaired) electrons. The first kappa shape index (κ1) is 8.63. The van der Waals surface area contributed by atoms with Crippen LogP contribution in [0.3, 0.4) is 0 Å². The molecule has 2 saturated heterocycles. The van der Waals surface area contributed by atoms with Crippen LogP contribution in [0.15, 0.2) is 0 Å². The Kier molecular flexibility index (Phi) is 1.31. The monoisotopic (exact) mass is 193 g/mol. The molecule has 3 aliphatic rings. The molecule has 0 spiro atoms. The quantitative estimate of drug-likeness (QED) is 0.544. The van der Waals surface area contributed by atoms with E-state index in [1.165, 1.54) is 13.7 Å². The van der Waals surface area contributed by atoms with Gasteiger partial charge in [-0.05, 0) is 11.7 Å². The molecule has 3 nitrogen and oxygen atoms in total. The third-order valence-corrected chi connectivity index (χ3v) is 4.99. The van der Waals surface area contributed by atoms with Crippen LogP contribution in [0.4, 0.5) is 4.79 Å². The predicted octanol–water partition coefficient (Wildman–Crippen LogP) is 1.41. The molecule has 1 amide bonds. The maximum atomic E-state index is 11.5. The molecular formula is C10H16BNO2. The van der Waals surface area contributed by atoms with E-state index >= 15 is 0 Å². The Morgan fingerprint density at radius 1 is 1.57 bits per heavy atom. The van der Waals surface area contributed by atoms with Gasteiger partial charge in [-0.25, -0.2) is 4.79 Å². The number of amides is 1. The number of likely N-dealkylation sites (N-methyl/N-ethyl adjacent to an activating group) is 1. The first-order chi connectivity index (χ1) is 6.48. The first-order valence-corrected chi connectivity index (χ1v) is 5.41. The highest BCUT2D eigenvalue weighted by Gasteiger charge is 2.72. The van der Waals surface area contributed by atoms with Crippen molar-refractivity contribution in [1.29, 1.82) is 0 Å². The van der Waals surface area contributed by atoms with Gasteiger partial charge in [-0.15, -0.1) is 0 Å². The smallest absolute Gasteiger partial charge is 0.410 e. The lowest BCUT2D eigenvalue weighted by atomic mass is 9.76. The second kappa shape index (κ2) is 2.12. The molecule has 0 aromatic carbocycles. The average molecular weight is 193 g/mol. The molecule has 0 aromatic rings. The number of rotatable bonds is 0. The molecular weight excluding hydrogens is 177 g/mol. The van der Waals surface area contributed by atoms with Gasteiger partial charge in [0.1, 0.15) is 13.4 Å². The van der Waals surface area contributed by atoms with E-state index < -0.39 is 0 Å². The Hall–Kier alpha value is -0.665. The van der Waals surface area contributed by atoms with Gasteiger partial charge in [-0.1, -0.05) is 25.6 Å². The molecule has 0 N–H and O–H groups in total. The van der Waals surface area contributed by atoms with Crippen molar-refractivity contribution >= 4 is 13.4 Å². The fourth-order valence-electron chi connectivity index (χ4n) is 3.56. The van der Waals surface area contributed by atoms with Gasteiger partial charge in [0.15, 0.2) is 0 Å². The van der Waals surface area contributed by atoms with Crippen LogP contribution >= 0.6 is 0 Å². The van der Waals surface area contributed by atoms with Crippen molar-refractivity contribution < 1.29 is 9.53 Å². The molecule has 3 rings (SSSR count). The summed E-state index contributed by atoms with van der Waals surface area (Å²) in [4.78, 5) is 13.2. The van der Waals surface area contributed by atoms with E-state index in [0.29, 0.717) is 11.4 Å². The summed E-state index contributed by atoms with van der Waals surface area (Å²) < 4.78 is 5.49. The van der Waals surface area contributed by atoms with Crippen LogP contribution in [0.1, 0.15) is 26.7 Å². The number of ether oxygens (including phenoxy) is 1. The number of hydrogen-bond donors (Lipinski definition) is 0. The SMILES string of the molecule is CN1C(=O)OC2C1CCC1(C)BC21C. The minimum Gasteiger partial charge on any atom is -0.444 e. The third-order valence-electron chi connectivity index (χ3n) is 4.99. The minimum absolute atomic E-state index is 0.127. The second-order valence-corrected chi connectivity index (χ2v) is 5.68. The normalized spacial score (nSPS) is 54.5. The summed E-state index contributed by atoms with van der Waals surface area (Å²) in [5, 5.41) is 0.704. The average Bonchev–Trinajstić information content (AvgIpc) is 2.57. The summed E-state index contributed by atoms with van der Waals surface area (Å²) in [6.45, 7) is 4.60. The van der Waals surface area contributed by atoms with Gasteiger partial charge in [-0.2, -0.15) is 0 Å². The first-order valence-electron chi connectivity index (χ1n) is 5.41. The van der Waals surface area contributed by atoms with E-state index in [2.05, 4.69) is 13.8 Å². The van der Waals surface area contributed by atoms with Gasteiger partial charge >= 0.3 is 6.09 Å². The number of fused-ring (bicyclic) bond motifs is 3. The summed E-state index contributed by atoms with van der Waals surface area (Å²) in [6, 6.07) is 0.336. The van der Waals surface area contributed by atoms with Crippen molar-refractivity contribution in [3.63, 3.8) is 0 Å². The molecule has 1 aliphatic carbocycles. The topological polar surface area (TPSA) is 29.5 Å². The zero-order valence-corrected chi connectivity index (χ0v) is 9.04. The Bertz CT molecular complexity index is 321. The van der Waals surface area contributed by atoms with Crippen molar-refractivity contribution in [2.24, 2.45) is 0 Å². The van der Waals surface area contributed by atoms with Crippen molar-refractivity contribution in [1.82, 2.24) is 4.90 Å². The highest BCUT2D eigenvalue weighted by atomic mass is 16.6. The van der Waals surface area contributed by atoms with Crippen LogP contribution < -0.4 is 0 Å². The Labute approximate surface area is 85.0 Å². The molecule has 4 atom stereocenters. The Morgan fingerprint density at radius 2 is 2.29 bits per heavy atom. The van der Waals surface area contributed by atoms with Crippen LogP contribution in [0, 0.1) is 0 Å². The Morgan fingerprint density at radius 3 is 3.00 bits per heavy atom. The zero-order chi connectivity index (χ0) is 10.1. The van der Waals surface area contributed by atoms with Gasteiger partial charge in [0.2, 0.25) is 0 Å². The number of carbonyl (C=O) groups excluding carboxylic acids is 1. The number of carbonyl (C=O) groups is 1. The van der Waals surface area contributed by atoms with Crippen LogP contribution in [-0.4, -0.2) is 37.5 Å². The maximum absolute atomic E-state index is 11.5. The maximum Gasteiger partial charge on any atom is 0.410 e. The standard InChI is InChI=1S/C10H16BNO2/c1-9-5-4-6-7(10(9,2)11-9)14-8(13)12(6)3/h6-7,11H,4-5H2,1-3H3. The highest BCUT2D eigenvalue weighted by Crippen LogP contribution is 2.76. The largest absolute Gasteiger partial charge is 0.444 e. The van der Waals surface area contributed by atoms with Gasteiger partial charge in [0.05, 0.1) is 6.04 Å². The summed E-state index contributed by atoms with van der Waals surface area (Å²) in [5.41, 5.74) is 0. The molecule has 4 unspecified atom stereocenters. The predicted molar refractivity (Wildman–Crippen MR) is 54.9 cm³/mol. The molecule has 0 aromatic heterocycles. The molecule has 2 heterocycles.